The summed E-state index contributed by atoms with van der Waals surface area (Å²) in [7, 11) is 0. The molecule has 0 spiro atoms. The summed E-state index contributed by atoms with van der Waals surface area (Å²) in [6, 6.07) is 7.82. The number of carbonyl (C=O) groups excluding carboxylic acids is 1. The van der Waals surface area contributed by atoms with Crippen LogP contribution in [0.3, 0.4) is 0 Å². The Bertz CT molecular complexity index is 401. The van der Waals surface area contributed by atoms with Crippen molar-refractivity contribution in [3.63, 3.8) is 0 Å². The Labute approximate surface area is 96.6 Å². The largest absolute Gasteiger partial charge is 0.364 e. The highest BCUT2D eigenvalue weighted by molar-refractivity contribution is 6.01. The molecule has 1 aliphatic carbocycles. The van der Waals surface area contributed by atoms with Crippen molar-refractivity contribution in [2.24, 2.45) is 0 Å². The van der Waals surface area contributed by atoms with E-state index in [2.05, 4.69) is 0 Å². The highest BCUT2D eigenvalue weighted by Gasteiger charge is 2.30. The lowest BCUT2D eigenvalue weighted by atomic mass is 9.88. The minimum absolute atomic E-state index is 0.136. The van der Waals surface area contributed by atoms with E-state index in [1.807, 2.05) is 45.0 Å². The van der Waals surface area contributed by atoms with Crippen molar-refractivity contribution in [2.45, 2.75) is 45.3 Å². The second-order valence-electron chi connectivity index (χ2n) is 5.28. The highest BCUT2D eigenvalue weighted by atomic mass is 16.5. The second kappa shape index (κ2) is 4.02. The molecular weight excluding hydrogens is 200 g/mol. The second-order valence-corrected chi connectivity index (χ2v) is 5.28. The van der Waals surface area contributed by atoms with Crippen molar-refractivity contribution in [3.8, 4) is 0 Å². The molecule has 1 unspecified atom stereocenters. The zero-order chi connectivity index (χ0) is 11.8. The van der Waals surface area contributed by atoms with E-state index in [0.717, 1.165) is 24.0 Å². The number of hydrogen-bond acceptors (Lipinski definition) is 2. The molecule has 1 aromatic rings. The number of rotatable bonds is 1. The van der Waals surface area contributed by atoms with E-state index in [-0.39, 0.29) is 17.5 Å². The lowest BCUT2D eigenvalue weighted by Gasteiger charge is -2.30. The molecule has 0 heterocycles. The topological polar surface area (TPSA) is 26.3 Å². The van der Waals surface area contributed by atoms with E-state index in [1.165, 1.54) is 0 Å². The van der Waals surface area contributed by atoms with Crippen LogP contribution in [0, 0.1) is 0 Å². The lowest BCUT2D eigenvalue weighted by Crippen LogP contribution is -2.36. The lowest BCUT2D eigenvalue weighted by molar-refractivity contribution is -0.0496. The molecule has 86 valence electrons. The van der Waals surface area contributed by atoms with Gasteiger partial charge in [-0.05, 0) is 39.2 Å². The average Bonchev–Trinajstić information content (AvgIpc) is 2.21. The van der Waals surface area contributed by atoms with Crippen LogP contribution in [0.4, 0.5) is 0 Å². The molecule has 0 amide bonds. The van der Waals surface area contributed by atoms with E-state index in [4.69, 9.17) is 4.74 Å². The number of carbonyl (C=O) groups is 1. The fraction of sp³-hybridized carbons (Fsp3) is 0.500. The fourth-order valence-electron chi connectivity index (χ4n) is 2.11. The van der Waals surface area contributed by atoms with Crippen LogP contribution in [0.5, 0.6) is 0 Å². The first kappa shape index (κ1) is 11.3. The van der Waals surface area contributed by atoms with Crippen LogP contribution >= 0.6 is 0 Å². The summed E-state index contributed by atoms with van der Waals surface area (Å²) >= 11 is 0. The van der Waals surface area contributed by atoms with Gasteiger partial charge in [-0.3, -0.25) is 4.79 Å². The number of ketones is 1. The van der Waals surface area contributed by atoms with Gasteiger partial charge in [0.05, 0.1) is 5.60 Å². The zero-order valence-corrected chi connectivity index (χ0v) is 10.1. The van der Waals surface area contributed by atoms with Crippen LogP contribution in [-0.4, -0.2) is 17.5 Å². The van der Waals surface area contributed by atoms with Crippen LogP contribution in [0.2, 0.25) is 0 Å². The van der Waals surface area contributed by atoms with Crippen LogP contribution in [0.25, 0.3) is 0 Å². The Hall–Kier alpha value is -1.15. The standard InChI is InChI=1S/C14H18O2/c1-14(2,3)16-12-9-8-10-6-4-5-7-11(10)13(12)15/h4-7,12H,8-9H2,1-3H3. The van der Waals surface area contributed by atoms with E-state index in [0.29, 0.717) is 0 Å². The molecule has 1 aromatic carbocycles. The van der Waals surface area contributed by atoms with E-state index in [9.17, 15) is 4.79 Å². The number of Topliss-reactive ketones (excluding diaryl/α,β-unsaturated/α-hetero) is 1. The number of ether oxygens (including phenoxy) is 1. The van der Waals surface area contributed by atoms with Gasteiger partial charge < -0.3 is 4.74 Å². The first-order valence-corrected chi connectivity index (χ1v) is 5.77. The Morgan fingerprint density at radius 1 is 1.25 bits per heavy atom. The molecule has 0 aromatic heterocycles. The molecular formula is C14H18O2. The Balaban J connectivity index is 2.22. The molecule has 1 aliphatic rings. The molecule has 0 aliphatic heterocycles. The summed E-state index contributed by atoms with van der Waals surface area (Å²) in [6.07, 6.45) is 1.46. The van der Waals surface area contributed by atoms with E-state index in [1.54, 1.807) is 0 Å². The van der Waals surface area contributed by atoms with Crippen molar-refractivity contribution < 1.29 is 9.53 Å². The summed E-state index contributed by atoms with van der Waals surface area (Å²) in [5.74, 6) is 0.136. The van der Waals surface area contributed by atoms with E-state index < -0.39 is 0 Å². The third kappa shape index (κ3) is 2.33. The van der Waals surface area contributed by atoms with Crippen LogP contribution in [0.1, 0.15) is 43.1 Å². The summed E-state index contributed by atoms with van der Waals surface area (Å²) in [6.45, 7) is 5.96. The summed E-state index contributed by atoms with van der Waals surface area (Å²) < 4.78 is 5.80. The third-order valence-electron chi connectivity index (χ3n) is 2.75. The van der Waals surface area contributed by atoms with Crippen molar-refractivity contribution >= 4 is 5.78 Å². The highest BCUT2D eigenvalue weighted by Crippen LogP contribution is 2.25. The summed E-state index contributed by atoms with van der Waals surface area (Å²) in [4.78, 5) is 12.2. The monoisotopic (exact) mass is 218 g/mol. The Morgan fingerprint density at radius 2 is 1.94 bits per heavy atom. The molecule has 0 saturated carbocycles. The van der Waals surface area contributed by atoms with Gasteiger partial charge in [-0.2, -0.15) is 0 Å². The van der Waals surface area contributed by atoms with Gasteiger partial charge in [0.25, 0.3) is 0 Å². The van der Waals surface area contributed by atoms with Gasteiger partial charge in [-0.15, -0.1) is 0 Å². The van der Waals surface area contributed by atoms with Crippen molar-refractivity contribution in [1.29, 1.82) is 0 Å². The maximum atomic E-state index is 12.2. The van der Waals surface area contributed by atoms with Gasteiger partial charge in [0, 0.05) is 5.56 Å². The predicted octanol–water partition coefficient (Wildman–Crippen LogP) is 3.00. The fourth-order valence-corrected chi connectivity index (χ4v) is 2.11. The minimum atomic E-state index is -0.269. The van der Waals surface area contributed by atoms with Crippen molar-refractivity contribution in [3.05, 3.63) is 35.4 Å². The maximum Gasteiger partial charge on any atom is 0.191 e. The molecule has 0 N–H and O–H groups in total. The van der Waals surface area contributed by atoms with Gasteiger partial charge in [0.2, 0.25) is 0 Å². The first-order chi connectivity index (χ1) is 7.47. The quantitative estimate of drug-likeness (QED) is 0.724. The van der Waals surface area contributed by atoms with Gasteiger partial charge in [0.1, 0.15) is 6.10 Å². The molecule has 0 bridgehead atoms. The molecule has 2 nitrogen and oxygen atoms in total. The normalized spacial score (nSPS) is 20.7. The Kier molecular flexibility index (Phi) is 2.85. The number of benzene rings is 1. The zero-order valence-electron chi connectivity index (χ0n) is 10.1. The number of fused-ring (bicyclic) bond motifs is 1. The minimum Gasteiger partial charge on any atom is -0.364 e. The number of aryl methyl sites for hydroxylation is 1. The molecule has 2 heteroatoms. The molecule has 0 radical (unpaired) electrons. The predicted molar refractivity (Wildman–Crippen MR) is 63.7 cm³/mol. The molecule has 2 rings (SSSR count). The molecule has 0 fully saturated rings. The van der Waals surface area contributed by atoms with Gasteiger partial charge in [0.15, 0.2) is 5.78 Å². The first-order valence-electron chi connectivity index (χ1n) is 5.77. The van der Waals surface area contributed by atoms with E-state index >= 15 is 0 Å². The SMILES string of the molecule is CC(C)(C)OC1CCc2ccccc2C1=O. The van der Waals surface area contributed by atoms with Crippen LogP contribution < -0.4 is 0 Å². The van der Waals surface area contributed by atoms with Crippen LogP contribution in [-0.2, 0) is 11.2 Å². The number of hydrogen-bond donors (Lipinski definition) is 0. The average molecular weight is 218 g/mol. The molecule has 16 heavy (non-hydrogen) atoms. The van der Waals surface area contributed by atoms with Gasteiger partial charge >= 0.3 is 0 Å². The summed E-state index contributed by atoms with van der Waals surface area (Å²) in [5, 5.41) is 0. The van der Waals surface area contributed by atoms with Crippen LogP contribution in [0.15, 0.2) is 24.3 Å². The third-order valence-corrected chi connectivity index (χ3v) is 2.75. The molecule has 1 atom stereocenters. The smallest absolute Gasteiger partial charge is 0.191 e. The van der Waals surface area contributed by atoms with Gasteiger partial charge in [-0.1, -0.05) is 24.3 Å². The molecule has 0 saturated heterocycles. The van der Waals surface area contributed by atoms with Crippen molar-refractivity contribution in [2.75, 3.05) is 0 Å². The Morgan fingerprint density at radius 3 is 2.62 bits per heavy atom. The van der Waals surface area contributed by atoms with Crippen molar-refractivity contribution in [1.82, 2.24) is 0 Å². The van der Waals surface area contributed by atoms with Gasteiger partial charge in [-0.25, -0.2) is 0 Å². The summed E-state index contributed by atoms with van der Waals surface area (Å²) in [5.41, 5.74) is 1.73. The maximum absolute atomic E-state index is 12.2.